The van der Waals surface area contributed by atoms with Crippen molar-refractivity contribution in [2.24, 2.45) is 5.92 Å². The predicted molar refractivity (Wildman–Crippen MR) is 95.7 cm³/mol. The first-order chi connectivity index (χ1) is 11.5. The summed E-state index contributed by atoms with van der Waals surface area (Å²) in [6, 6.07) is 5.61. The van der Waals surface area contributed by atoms with Gasteiger partial charge in [0.15, 0.2) is 0 Å². The molecule has 1 heterocycles. The molecule has 0 aliphatic heterocycles. The molecule has 0 atom stereocenters. The summed E-state index contributed by atoms with van der Waals surface area (Å²) in [4.78, 5) is 20.7. The Morgan fingerprint density at radius 1 is 1.25 bits per heavy atom. The third kappa shape index (κ3) is 4.94. The van der Waals surface area contributed by atoms with Crippen LogP contribution in [0.15, 0.2) is 30.6 Å². The van der Waals surface area contributed by atoms with Crippen LogP contribution < -0.4 is 15.4 Å². The minimum Gasteiger partial charge on any atom is -0.495 e. The van der Waals surface area contributed by atoms with Gasteiger partial charge in [0.2, 0.25) is 5.95 Å². The summed E-state index contributed by atoms with van der Waals surface area (Å²) in [6.07, 6.45) is 4.07. The molecule has 0 unspecified atom stereocenters. The van der Waals surface area contributed by atoms with Gasteiger partial charge in [-0.05, 0) is 37.0 Å². The zero-order valence-electron chi connectivity index (χ0n) is 14.6. The third-order valence-electron chi connectivity index (χ3n) is 3.52. The first kappa shape index (κ1) is 17.7. The second-order valence-electron chi connectivity index (χ2n) is 6.06. The van der Waals surface area contributed by atoms with E-state index in [9.17, 15) is 4.79 Å². The van der Waals surface area contributed by atoms with Crippen LogP contribution in [-0.2, 0) is 0 Å². The Kier molecular flexibility index (Phi) is 6.12. The van der Waals surface area contributed by atoms with E-state index in [1.807, 2.05) is 25.1 Å². The molecule has 2 N–H and O–H groups in total. The Hall–Kier alpha value is -2.63. The molecule has 2 aromatic rings. The molecule has 0 fully saturated rings. The largest absolute Gasteiger partial charge is 0.495 e. The van der Waals surface area contributed by atoms with Crippen molar-refractivity contribution in [1.82, 2.24) is 9.97 Å². The SMILES string of the molecule is COc1ccc(C)cc1NC(=O)c1cnc(NCCC(C)C)nc1. The number of ether oxygens (including phenoxy) is 1. The molecule has 1 amide bonds. The molecule has 6 heteroatoms. The van der Waals surface area contributed by atoms with Crippen LogP contribution >= 0.6 is 0 Å². The van der Waals surface area contributed by atoms with E-state index in [1.54, 1.807) is 7.11 Å². The van der Waals surface area contributed by atoms with E-state index < -0.39 is 0 Å². The number of amides is 1. The Morgan fingerprint density at radius 3 is 2.58 bits per heavy atom. The van der Waals surface area contributed by atoms with Gasteiger partial charge in [-0.1, -0.05) is 19.9 Å². The molecule has 2 rings (SSSR count). The van der Waals surface area contributed by atoms with Crippen LogP contribution in [0.25, 0.3) is 0 Å². The molecular formula is C18H24N4O2. The first-order valence-electron chi connectivity index (χ1n) is 8.01. The van der Waals surface area contributed by atoms with Crippen molar-refractivity contribution in [3.63, 3.8) is 0 Å². The Morgan fingerprint density at radius 2 is 1.96 bits per heavy atom. The number of nitrogens with one attached hydrogen (secondary N) is 2. The first-order valence-corrected chi connectivity index (χ1v) is 8.01. The summed E-state index contributed by atoms with van der Waals surface area (Å²) >= 11 is 0. The summed E-state index contributed by atoms with van der Waals surface area (Å²) in [5.41, 5.74) is 2.06. The van der Waals surface area contributed by atoms with Gasteiger partial charge in [-0.3, -0.25) is 4.79 Å². The van der Waals surface area contributed by atoms with Gasteiger partial charge in [0.05, 0.1) is 18.4 Å². The number of anilines is 2. The van der Waals surface area contributed by atoms with Gasteiger partial charge in [0.25, 0.3) is 5.91 Å². The fourth-order valence-electron chi connectivity index (χ4n) is 2.12. The lowest BCUT2D eigenvalue weighted by Crippen LogP contribution is -2.14. The smallest absolute Gasteiger partial charge is 0.258 e. The average Bonchev–Trinajstić information content (AvgIpc) is 2.55. The summed E-state index contributed by atoms with van der Waals surface area (Å²) in [5.74, 6) is 1.49. The monoisotopic (exact) mass is 328 g/mol. The van der Waals surface area contributed by atoms with E-state index in [0.29, 0.717) is 28.9 Å². The number of carbonyl (C=O) groups excluding carboxylic acids is 1. The third-order valence-corrected chi connectivity index (χ3v) is 3.52. The summed E-state index contributed by atoms with van der Waals surface area (Å²) < 4.78 is 5.26. The number of hydrogen-bond donors (Lipinski definition) is 2. The van der Waals surface area contributed by atoms with E-state index in [-0.39, 0.29) is 5.91 Å². The number of aryl methyl sites for hydroxylation is 1. The van der Waals surface area contributed by atoms with Gasteiger partial charge in [0, 0.05) is 18.9 Å². The molecule has 0 spiro atoms. The maximum atomic E-state index is 12.3. The highest BCUT2D eigenvalue weighted by molar-refractivity contribution is 6.04. The van der Waals surface area contributed by atoms with Crippen LogP contribution in [0.3, 0.4) is 0 Å². The van der Waals surface area contributed by atoms with E-state index in [2.05, 4.69) is 34.4 Å². The van der Waals surface area contributed by atoms with Crippen molar-refractivity contribution in [2.45, 2.75) is 27.2 Å². The highest BCUT2D eigenvalue weighted by Crippen LogP contribution is 2.25. The number of hydrogen-bond acceptors (Lipinski definition) is 5. The maximum Gasteiger partial charge on any atom is 0.258 e. The van der Waals surface area contributed by atoms with Crippen LogP contribution in [0.1, 0.15) is 36.2 Å². The van der Waals surface area contributed by atoms with Gasteiger partial charge in [-0.15, -0.1) is 0 Å². The number of rotatable bonds is 7. The second kappa shape index (κ2) is 8.29. The van der Waals surface area contributed by atoms with Gasteiger partial charge < -0.3 is 15.4 Å². The Bertz CT molecular complexity index is 684. The van der Waals surface area contributed by atoms with Crippen LogP contribution in [0.2, 0.25) is 0 Å². The lowest BCUT2D eigenvalue weighted by Gasteiger charge is -2.11. The topological polar surface area (TPSA) is 76.1 Å². The van der Waals surface area contributed by atoms with Crippen LogP contribution in [0.5, 0.6) is 5.75 Å². The van der Waals surface area contributed by atoms with Gasteiger partial charge in [0.1, 0.15) is 5.75 Å². The summed E-state index contributed by atoms with van der Waals surface area (Å²) in [7, 11) is 1.57. The molecule has 128 valence electrons. The second-order valence-corrected chi connectivity index (χ2v) is 6.06. The van der Waals surface area contributed by atoms with Crippen LogP contribution in [0, 0.1) is 12.8 Å². The van der Waals surface area contributed by atoms with Crippen molar-refractivity contribution < 1.29 is 9.53 Å². The number of methoxy groups -OCH3 is 1. The molecule has 0 aliphatic carbocycles. The normalized spacial score (nSPS) is 10.5. The van der Waals surface area contributed by atoms with Gasteiger partial charge >= 0.3 is 0 Å². The van der Waals surface area contributed by atoms with Gasteiger partial charge in [-0.25, -0.2) is 9.97 Å². The quantitative estimate of drug-likeness (QED) is 0.813. The molecule has 1 aromatic carbocycles. The van der Waals surface area contributed by atoms with E-state index in [4.69, 9.17) is 4.74 Å². The number of nitrogens with zero attached hydrogens (tertiary/aromatic N) is 2. The van der Waals surface area contributed by atoms with Crippen LogP contribution in [0.4, 0.5) is 11.6 Å². The zero-order chi connectivity index (χ0) is 17.5. The minimum absolute atomic E-state index is 0.271. The summed E-state index contributed by atoms with van der Waals surface area (Å²) in [6.45, 7) is 7.09. The lowest BCUT2D eigenvalue weighted by atomic mass is 10.1. The molecule has 1 aromatic heterocycles. The van der Waals surface area contributed by atoms with Crippen molar-refractivity contribution in [1.29, 1.82) is 0 Å². The average molecular weight is 328 g/mol. The van der Waals surface area contributed by atoms with E-state index in [0.717, 1.165) is 18.5 Å². The van der Waals surface area contributed by atoms with Crippen LogP contribution in [-0.4, -0.2) is 29.5 Å². The zero-order valence-corrected chi connectivity index (χ0v) is 14.6. The molecule has 6 nitrogen and oxygen atoms in total. The highest BCUT2D eigenvalue weighted by atomic mass is 16.5. The molecule has 0 saturated heterocycles. The molecule has 0 bridgehead atoms. The Balaban J connectivity index is 2.01. The number of aromatic nitrogens is 2. The lowest BCUT2D eigenvalue weighted by molar-refractivity contribution is 0.102. The van der Waals surface area contributed by atoms with E-state index in [1.165, 1.54) is 12.4 Å². The van der Waals surface area contributed by atoms with Crippen molar-refractivity contribution in [2.75, 3.05) is 24.3 Å². The predicted octanol–water partition coefficient (Wildman–Crippen LogP) is 3.50. The molecule has 0 saturated carbocycles. The summed E-state index contributed by atoms with van der Waals surface area (Å²) in [5, 5.41) is 5.98. The molecule has 0 aliphatic rings. The van der Waals surface area contributed by atoms with Gasteiger partial charge in [-0.2, -0.15) is 0 Å². The van der Waals surface area contributed by atoms with Crippen molar-refractivity contribution in [3.05, 3.63) is 41.7 Å². The molecule has 0 radical (unpaired) electrons. The number of benzene rings is 1. The van der Waals surface area contributed by atoms with E-state index >= 15 is 0 Å². The fourth-order valence-corrected chi connectivity index (χ4v) is 2.12. The minimum atomic E-state index is -0.271. The number of carbonyl (C=O) groups is 1. The highest BCUT2D eigenvalue weighted by Gasteiger charge is 2.11. The Labute approximate surface area is 142 Å². The fraction of sp³-hybridized carbons (Fsp3) is 0.389. The molecule has 24 heavy (non-hydrogen) atoms. The molecular weight excluding hydrogens is 304 g/mol. The van der Waals surface area contributed by atoms with Crippen molar-refractivity contribution >= 4 is 17.5 Å². The standard InChI is InChI=1S/C18H24N4O2/c1-12(2)7-8-19-18-20-10-14(11-21-18)17(23)22-15-9-13(3)5-6-16(15)24-4/h5-6,9-12H,7-8H2,1-4H3,(H,22,23)(H,19,20,21). The maximum absolute atomic E-state index is 12.3. The van der Waals surface area contributed by atoms with Crippen molar-refractivity contribution in [3.8, 4) is 5.75 Å².